The predicted molar refractivity (Wildman–Crippen MR) is 111 cm³/mol. The zero-order valence-corrected chi connectivity index (χ0v) is 19.2. The molecule has 8 nitrogen and oxygen atoms in total. The van der Waals surface area contributed by atoms with Crippen LogP contribution in [0.1, 0.15) is 53.9 Å². The Balaban J connectivity index is 1.93. The number of allylic oxidation sites excluding steroid dienone is 2. The molecule has 32 heavy (non-hydrogen) atoms. The highest BCUT2D eigenvalue weighted by Gasteiger charge is 2.74. The highest BCUT2D eigenvalue weighted by Crippen LogP contribution is 2.67. The van der Waals surface area contributed by atoms with Gasteiger partial charge in [-0.3, -0.25) is 19.2 Å². The van der Waals surface area contributed by atoms with Gasteiger partial charge in [0.05, 0.1) is 6.42 Å². The first-order chi connectivity index (χ1) is 14.8. The van der Waals surface area contributed by atoms with E-state index >= 15 is 0 Å². The molecule has 0 amide bonds. The molecule has 0 aromatic carbocycles. The van der Waals surface area contributed by atoms with Crippen molar-refractivity contribution in [2.45, 2.75) is 77.3 Å². The fourth-order valence-corrected chi connectivity index (χ4v) is 6.48. The molecule has 7 unspecified atom stereocenters. The zero-order chi connectivity index (χ0) is 23.7. The van der Waals surface area contributed by atoms with E-state index in [0.717, 1.165) is 0 Å². The second-order valence-electron chi connectivity index (χ2n) is 10.2. The number of hydrogen-bond donors (Lipinski definition) is 0. The number of cyclic esters (lactones) is 1. The maximum Gasteiger partial charge on any atom is 0.308 e. The van der Waals surface area contributed by atoms with Gasteiger partial charge in [0.15, 0.2) is 18.0 Å². The maximum absolute atomic E-state index is 12.7. The summed E-state index contributed by atoms with van der Waals surface area (Å²) < 4.78 is 23.6. The van der Waals surface area contributed by atoms with Crippen molar-refractivity contribution in [3.05, 3.63) is 24.3 Å². The summed E-state index contributed by atoms with van der Waals surface area (Å²) in [6, 6.07) is 0. The molecule has 3 fully saturated rings. The van der Waals surface area contributed by atoms with Crippen LogP contribution in [0.15, 0.2) is 24.3 Å². The van der Waals surface area contributed by atoms with Gasteiger partial charge in [0.2, 0.25) is 0 Å². The topological polar surface area (TPSA) is 105 Å². The van der Waals surface area contributed by atoms with Crippen molar-refractivity contribution < 1.29 is 38.1 Å². The van der Waals surface area contributed by atoms with Crippen LogP contribution in [0.5, 0.6) is 0 Å². The first kappa shape index (κ1) is 22.7. The SMILES string of the molecule is C=C1C(=O)C=CC2C1(C)C(OC(C)=O)C(OC(C)=O)C1(C)OC3(CCC21C)COC(=O)C3. The smallest absolute Gasteiger partial charge is 0.308 e. The largest absolute Gasteiger partial charge is 0.463 e. The van der Waals surface area contributed by atoms with Crippen LogP contribution in [-0.2, 0) is 38.1 Å². The number of hydrogen-bond acceptors (Lipinski definition) is 8. The lowest BCUT2D eigenvalue weighted by atomic mass is 9.43. The van der Waals surface area contributed by atoms with E-state index in [2.05, 4.69) is 6.58 Å². The van der Waals surface area contributed by atoms with Crippen molar-refractivity contribution in [2.24, 2.45) is 16.7 Å². The Labute approximate surface area is 187 Å². The monoisotopic (exact) mass is 446 g/mol. The number of carbonyl (C=O) groups excluding carboxylic acids is 4. The van der Waals surface area contributed by atoms with E-state index in [4.69, 9.17) is 18.9 Å². The molecular formula is C24H30O8. The molecule has 0 radical (unpaired) electrons. The van der Waals surface area contributed by atoms with Gasteiger partial charge in [0.25, 0.3) is 0 Å². The third-order valence-corrected chi connectivity index (χ3v) is 8.34. The summed E-state index contributed by atoms with van der Waals surface area (Å²) in [5.41, 5.74) is -3.32. The standard InChI is InChI=1S/C24H30O8/c1-13-16(27)7-8-17-21(4)9-10-24(11-18(28)29-12-24)32-23(21,6)20(31-15(3)26)19(22(13,17)5)30-14(2)25/h7-8,17,19-20H,1,9-12H2,2-6H3. The molecule has 8 heteroatoms. The van der Waals surface area contributed by atoms with Gasteiger partial charge < -0.3 is 18.9 Å². The van der Waals surface area contributed by atoms with Crippen LogP contribution in [-0.4, -0.2) is 53.7 Å². The summed E-state index contributed by atoms with van der Waals surface area (Å²) in [7, 11) is 0. The zero-order valence-electron chi connectivity index (χ0n) is 19.2. The molecule has 2 saturated heterocycles. The molecule has 4 aliphatic rings. The summed E-state index contributed by atoms with van der Waals surface area (Å²) in [4.78, 5) is 49.1. The normalized spacial score (nSPS) is 45.2. The summed E-state index contributed by atoms with van der Waals surface area (Å²) in [6.07, 6.45) is 2.60. The molecule has 2 heterocycles. The van der Waals surface area contributed by atoms with E-state index < -0.39 is 46.2 Å². The van der Waals surface area contributed by atoms with Crippen LogP contribution in [0.2, 0.25) is 0 Å². The first-order valence-corrected chi connectivity index (χ1v) is 10.9. The molecule has 7 atom stereocenters. The number of ketones is 1. The number of fused-ring (bicyclic) bond motifs is 3. The number of ether oxygens (including phenoxy) is 4. The van der Waals surface area contributed by atoms with Crippen molar-refractivity contribution in [3.63, 3.8) is 0 Å². The Morgan fingerprint density at radius 3 is 2.25 bits per heavy atom. The van der Waals surface area contributed by atoms with Crippen LogP contribution in [0.3, 0.4) is 0 Å². The Kier molecular flexibility index (Phi) is 4.97. The van der Waals surface area contributed by atoms with Gasteiger partial charge in [0.1, 0.15) is 17.8 Å². The van der Waals surface area contributed by atoms with E-state index in [1.807, 2.05) is 26.8 Å². The van der Waals surface area contributed by atoms with Gasteiger partial charge in [-0.1, -0.05) is 26.5 Å². The Morgan fingerprint density at radius 2 is 1.69 bits per heavy atom. The summed E-state index contributed by atoms with van der Waals surface area (Å²) in [5.74, 6) is -2.02. The van der Waals surface area contributed by atoms with Crippen LogP contribution in [0, 0.1) is 16.7 Å². The molecule has 0 N–H and O–H groups in total. The van der Waals surface area contributed by atoms with Gasteiger partial charge in [-0.15, -0.1) is 0 Å². The summed E-state index contributed by atoms with van der Waals surface area (Å²) in [6.45, 7) is 12.4. The van der Waals surface area contributed by atoms with Crippen molar-refractivity contribution in [3.8, 4) is 0 Å². The van der Waals surface area contributed by atoms with E-state index in [9.17, 15) is 19.2 Å². The molecule has 4 rings (SSSR count). The minimum absolute atomic E-state index is 0.104. The number of esters is 3. The lowest BCUT2D eigenvalue weighted by Crippen LogP contribution is -2.76. The third kappa shape index (κ3) is 2.91. The van der Waals surface area contributed by atoms with Crippen molar-refractivity contribution in [1.82, 2.24) is 0 Å². The average molecular weight is 446 g/mol. The van der Waals surface area contributed by atoms with Gasteiger partial charge >= 0.3 is 17.9 Å². The molecule has 174 valence electrons. The third-order valence-electron chi connectivity index (χ3n) is 8.34. The Hall–Kier alpha value is -2.48. The molecule has 0 aromatic heterocycles. The molecule has 1 saturated carbocycles. The van der Waals surface area contributed by atoms with E-state index in [-0.39, 0.29) is 30.7 Å². The minimum atomic E-state index is -1.14. The molecule has 1 spiro atoms. The van der Waals surface area contributed by atoms with Crippen LogP contribution in [0.4, 0.5) is 0 Å². The van der Waals surface area contributed by atoms with Crippen molar-refractivity contribution >= 4 is 23.7 Å². The van der Waals surface area contributed by atoms with Crippen LogP contribution < -0.4 is 0 Å². The van der Waals surface area contributed by atoms with Gasteiger partial charge in [-0.2, -0.15) is 0 Å². The average Bonchev–Trinajstić information content (AvgIpc) is 3.05. The number of rotatable bonds is 2. The van der Waals surface area contributed by atoms with E-state index in [0.29, 0.717) is 18.4 Å². The Bertz CT molecular complexity index is 952. The maximum atomic E-state index is 12.7. The Morgan fingerprint density at radius 1 is 1.06 bits per heavy atom. The van der Waals surface area contributed by atoms with Gasteiger partial charge in [0, 0.05) is 30.3 Å². The fourth-order valence-electron chi connectivity index (χ4n) is 6.48. The highest BCUT2D eigenvalue weighted by atomic mass is 16.6. The molecule has 2 aliphatic carbocycles. The quantitative estimate of drug-likeness (QED) is 0.362. The van der Waals surface area contributed by atoms with Crippen LogP contribution in [0.25, 0.3) is 0 Å². The molecule has 0 bridgehead atoms. The second-order valence-corrected chi connectivity index (χ2v) is 10.2. The van der Waals surface area contributed by atoms with E-state index in [1.165, 1.54) is 19.9 Å². The van der Waals surface area contributed by atoms with Crippen LogP contribution >= 0.6 is 0 Å². The lowest BCUT2D eigenvalue weighted by molar-refractivity contribution is -0.334. The molecule has 2 aliphatic heterocycles. The summed E-state index contributed by atoms with van der Waals surface area (Å²) in [5, 5.41) is 0. The van der Waals surface area contributed by atoms with E-state index in [1.54, 1.807) is 0 Å². The summed E-state index contributed by atoms with van der Waals surface area (Å²) >= 11 is 0. The van der Waals surface area contributed by atoms with Crippen molar-refractivity contribution in [1.29, 1.82) is 0 Å². The fraction of sp³-hybridized carbons (Fsp3) is 0.667. The van der Waals surface area contributed by atoms with Gasteiger partial charge in [-0.05, 0) is 31.8 Å². The van der Waals surface area contributed by atoms with Crippen molar-refractivity contribution in [2.75, 3.05) is 6.61 Å². The minimum Gasteiger partial charge on any atom is -0.463 e. The lowest BCUT2D eigenvalue weighted by Gasteiger charge is -2.68. The van der Waals surface area contributed by atoms with Gasteiger partial charge in [-0.25, -0.2) is 0 Å². The number of carbonyl (C=O) groups is 4. The highest BCUT2D eigenvalue weighted by molar-refractivity contribution is 6.05. The first-order valence-electron chi connectivity index (χ1n) is 10.9. The predicted octanol–water partition coefficient (Wildman–Crippen LogP) is 2.44. The second kappa shape index (κ2) is 7.01. The molecule has 0 aromatic rings. The molecular weight excluding hydrogens is 416 g/mol.